The number of anilines is 1. The lowest BCUT2D eigenvalue weighted by atomic mass is 10.2. The van der Waals surface area contributed by atoms with Gasteiger partial charge in [0.2, 0.25) is 5.95 Å². The molecule has 1 N–H and O–H groups in total. The van der Waals surface area contributed by atoms with E-state index in [0.29, 0.717) is 10.2 Å². The topological polar surface area (TPSA) is 85.8 Å². The van der Waals surface area contributed by atoms with E-state index in [9.17, 15) is 26.3 Å². The van der Waals surface area contributed by atoms with Crippen LogP contribution in [-0.2, 0) is 19.8 Å². The number of aryl methyl sites for hydroxylation is 1. The maximum absolute atomic E-state index is 13.1. The molecule has 0 aliphatic carbocycles. The van der Waals surface area contributed by atoms with Crippen LogP contribution >= 0.6 is 0 Å². The van der Waals surface area contributed by atoms with Gasteiger partial charge in [-0.05, 0) is 12.1 Å². The van der Waals surface area contributed by atoms with Crippen LogP contribution in [-0.4, -0.2) is 41.9 Å². The zero-order valence-corrected chi connectivity index (χ0v) is 14.6. The number of nitrogens with one attached hydrogen (secondary N) is 1. The number of aromatic nitrogens is 6. The first-order valence-electron chi connectivity index (χ1n) is 7.84. The lowest BCUT2D eigenvalue weighted by molar-refractivity contribution is -0.143. The van der Waals surface area contributed by atoms with Crippen LogP contribution in [0.4, 0.5) is 32.3 Å². The molecule has 0 saturated heterocycles. The van der Waals surface area contributed by atoms with E-state index in [2.05, 4.69) is 30.7 Å². The molecule has 3 heterocycles. The van der Waals surface area contributed by atoms with Gasteiger partial charge in [0.1, 0.15) is 12.2 Å². The van der Waals surface area contributed by atoms with E-state index in [0.717, 1.165) is 18.5 Å². The highest BCUT2D eigenvalue weighted by Crippen LogP contribution is 2.31. The highest BCUT2D eigenvalue weighted by molar-refractivity contribution is 5.77. The molecule has 29 heavy (non-hydrogen) atoms. The molecule has 0 fully saturated rings. The predicted octanol–water partition coefficient (Wildman–Crippen LogP) is 3.10. The van der Waals surface area contributed by atoms with Crippen LogP contribution in [0.25, 0.3) is 11.3 Å². The van der Waals surface area contributed by atoms with Gasteiger partial charge >= 0.3 is 12.4 Å². The monoisotopic (exact) mass is 418 g/mol. The van der Waals surface area contributed by atoms with Gasteiger partial charge in [0.15, 0.2) is 5.69 Å². The minimum atomic E-state index is -4.73. The van der Waals surface area contributed by atoms with Crippen molar-refractivity contribution < 1.29 is 26.3 Å². The fourth-order valence-electron chi connectivity index (χ4n) is 2.22. The zero-order valence-electron chi connectivity index (χ0n) is 14.6. The van der Waals surface area contributed by atoms with Gasteiger partial charge < -0.3 is 0 Å². The molecule has 154 valence electrons. The Labute approximate surface area is 158 Å². The Morgan fingerprint density at radius 2 is 1.93 bits per heavy atom. The van der Waals surface area contributed by atoms with Crippen molar-refractivity contribution in [2.24, 2.45) is 12.1 Å². The fraction of sp³-hybridized carbons (Fsp3) is 0.267. The second-order valence-corrected chi connectivity index (χ2v) is 5.79. The van der Waals surface area contributed by atoms with Crippen molar-refractivity contribution >= 4 is 12.2 Å². The Bertz CT molecular complexity index is 1020. The second kappa shape index (κ2) is 7.52. The summed E-state index contributed by atoms with van der Waals surface area (Å²) in [6.07, 6.45) is -4.23. The standard InChI is InChI=1S/C15H12F6N8/c1-28-7-9(5-23-28)11-4-12(15(19,20)21)25-13(24-11)26-22-6-10-2-3-29(27-10)8-14(16,17)18/h2-7H,8H2,1H3,(H,24,25,26). The van der Waals surface area contributed by atoms with E-state index < -0.39 is 30.5 Å². The molecule has 8 nitrogen and oxygen atoms in total. The molecule has 14 heteroatoms. The van der Waals surface area contributed by atoms with Crippen molar-refractivity contribution in [3.05, 3.63) is 42.1 Å². The Hall–Kier alpha value is -3.45. The summed E-state index contributed by atoms with van der Waals surface area (Å²) in [5.41, 5.74) is 1.39. The van der Waals surface area contributed by atoms with Crippen molar-refractivity contribution in [2.75, 3.05) is 5.43 Å². The molecule has 0 aliphatic heterocycles. The number of hydrogen-bond acceptors (Lipinski definition) is 6. The van der Waals surface area contributed by atoms with E-state index in [4.69, 9.17) is 0 Å². The van der Waals surface area contributed by atoms with Gasteiger partial charge in [-0.2, -0.15) is 41.6 Å². The Morgan fingerprint density at radius 3 is 2.55 bits per heavy atom. The maximum atomic E-state index is 13.1. The highest BCUT2D eigenvalue weighted by Gasteiger charge is 2.34. The third-order valence-corrected chi connectivity index (χ3v) is 3.38. The largest absolute Gasteiger partial charge is 0.433 e. The summed E-state index contributed by atoms with van der Waals surface area (Å²) >= 11 is 0. The number of halogens is 6. The summed E-state index contributed by atoms with van der Waals surface area (Å²) in [5.74, 6) is -0.454. The molecule has 0 saturated carbocycles. The fourth-order valence-corrected chi connectivity index (χ4v) is 2.22. The summed E-state index contributed by atoms with van der Waals surface area (Å²) in [4.78, 5) is 7.31. The first kappa shape index (κ1) is 20.3. The summed E-state index contributed by atoms with van der Waals surface area (Å²) in [5, 5.41) is 11.1. The van der Waals surface area contributed by atoms with Gasteiger partial charge in [0.05, 0.1) is 18.1 Å². The van der Waals surface area contributed by atoms with Crippen molar-refractivity contribution in [1.82, 2.24) is 29.5 Å². The number of nitrogens with zero attached hydrogens (tertiary/aromatic N) is 7. The number of hydrazone groups is 1. The molecular formula is C15H12F6N8. The van der Waals surface area contributed by atoms with E-state index in [-0.39, 0.29) is 11.4 Å². The second-order valence-electron chi connectivity index (χ2n) is 5.79. The van der Waals surface area contributed by atoms with Gasteiger partial charge in [-0.1, -0.05) is 0 Å². The normalized spacial score (nSPS) is 12.7. The minimum Gasteiger partial charge on any atom is -0.275 e. The first-order chi connectivity index (χ1) is 13.5. The molecule has 3 aromatic heterocycles. The highest BCUT2D eigenvalue weighted by atomic mass is 19.4. The molecule has 0 atom stereocenters. The number of alkyl halides is 6. The molecule has 0 bridgehead atoms. The molecule has 3 aromatic rings. The van der Waals surface area contributed by atoms with Crippen LogP contribution in [0, 0.1) is 0 Å². The van der Waals surface area contributed by atoms with Crippen LogP contribution in [0.5, 0.6) is 0 Å². The van der Waals surface area contributed by atoms with E-state index >= 15 is 0 Å². The van der Waals surface area contributed by atoms with Crippen molar-refractivity contribution in [3.8, 4) is 11.3 Å². The molecule has 0 radical (unpaired) electrons. The SMILES string of the molecule is Cn1cc(-c2cc(C(F)(F)F)nc(NN=Cc3ccn(CC(F)(F)F)n3)n2)cn1. The summed E-state index contributed by atoms with van der Waals surface area (Å²) in [7, 11) is 1.59. The average Bonchev–Trinajstić information content (AvgIpc) is 3.21. The molecule has 0 aliphatic rings. The van der Waals surface area contributed by atoms with Crippen LogP contribution < -0.4 is 5.43 Å². The third-order valence-electron chi connectivity index (χ3n) is 3.38. The Kier molecular flexibility index (Phi) is 5.26. The van der Waals surface area contributed by atoms with Crippen molar-refractivity contribution in [3.63, 3.8) is 0 Å². The number of rotatable bonds is 5. The number of hydrogen-bond donors (Lipinski definition) is 1. The van der Waals surface area contributed by atoms with Crippen molar-refractivity contribution in [2.45, 2.75) is 18.9 Å². The molecule has 0 aromatic carbocycles. The molecular weight excluding hydrogens is 406 g/mol. The smallest absolute Gasteiger partial charge is 0.275 e. The van der Waals surface area contributed by atoms with E-state index in [1.807, 2.05) is 0 Å². The van der Waals surface area contributed by atoms with E-state index in [1.165, 1.54) is 23.1 Å². The van der Waals surface area contributed by atoms with Crippen LogP contribution in [0.3, 0.4) is 0 Å². The maximum Gasteiger partial charge on any atom is 0.433 e. The molecule has 0 amide bonds. The minimum absolute atomic E-state index is 0.0346. The average molecular weight is 418 g/mol. The first-order valence-corrected chi connectivity index (χ1v) is 7.84. The van der Waals surface area contributed by atoms with E-state index in [1.54, 1.807) is 7.05 Å². The van der Waals surface area contributed by atoms with Gasteiger partial charge in [-0.25, -0.2) is 15.4 Å². The molecule has 0 unspecified atom stereocenters. The van der Waals surface area contributed by atoms with Crippen LogP contribution in [0.1, 0.15) is 11.4 Å². The summed E-state index contributed by atoms with van der Waals surface area (Å²) < 4.78 is 78.3. The van der Waals surface area contributed by atoms with Crippen molar-refractivity contribution in [1.29, 1.82) is 0 Å². The summed E-state index contributed by atoms with van der Waals surface area (Å²) in [6.45, 7) is -1.28. The predicted molar refractivity (Wildman–Crippen MR) is 88.7 cm³/mol. The third kappa shape index (κ3) is 5.52. The Balaban J connectivity index is 1.80. The zero-order chi connectivity index (χ0) is 21.2. The van der Waals surface area contributed by atoms with Crippen LogP contribution in [0.2, 0.25) is 0 Å². The summed E-state index contributed by atoms with van der Waals surface area (Å²) in [6, 6.07) is 2.02. The molecule has 3 rings (SSSR count). The van der Waals surface area contributed by atoms with Gasteiger partial charge in [0.25, 0.3) is 0 Å². The molecule has 0 spiro atoms. The van der Waals surface area contributed by atoms with Gasteiger partial charge in [0, 0.05) is 25.0 Å². The van der Waals surface area contributed by atoms with Gasteiger partial charge in [-0.3, -0.25) is 9.36 Å². The Morgan fingerprint density at radius 1 is 1.17 bits per heavy atom. The van der Waals surface area contributed by atoms with Crippen LogP contribution in [0.15, 0.2) is 35.8 Å². The lowest BCUT2D eigenvalue weighted by Gasteiger charge is -2.09. The quantitative estimate of drug-likeness (QED) is 0.391. The van der Waals surface area contributed by atoms with Gasteiger partial charge in [-0.15, -0.1) is 0 Å². The lowest BCUT2D eigenvalue weighted by Crippen LogP contribution is -2.18.